The Balaban J connectivity index is 1.45. The van der Waals surface area contributed by atoms with Gasteiger partial charge in [0.15, 0.2) is 11.5 Å². The fourth-order valence-corrected chi connectivity index (χ4v) is 3.54. The highest BCUT2D eigenvalue weighted by Crippen LogP contribution is 2.36. The number of anilines is 1. The van der Waals surface area contributed by atoms with Crippen LogP contribution in [0.1, 0.15) is 18.0 Å². The topological polar surface area (TPSA) is 88.1 Å². The summed E-state index contributed by atoms with van der Waals surface area (Å²) >= 11 is 0. The van der Waals surface area contributed by atoms with Crippen molar-refractivity contribution in [3.63, 3.8) is 0 Å². The van der Waals surface area contributed by atoms with E-state index < -0.39 is 12.0 Å². The van der Waals surface area contributed by atoms with E-state index >= 15 is 0 Å². The Bertz CT molecular complexity index is 870. The van der Waals surface area contributed by atoms with Crippen LogP contribution in [-0.2, 0) is 9.59 Å². The van der Waals surface area contributed by atoms with Crippen LogP contribution in [0.2, 0.25) is 0 Å². The van der Waals surface area contributed by atoms with Crippen molar-refractivity contribution >= 4 is 17.5 Å². The van der Waals surface area contributed by atoms with Crippen LogP contribution in [-0.4, -0.2) is 43.3 Å². The number of aliphatic hydroxyl groups is 1. The van der Waals surface area contributed by atoms with Gasteiger partial charge in [0, 0.05) is 24.7 Å². The number of ether oxygens (including phenoxy) is 2. The molecule has 7 nitrogen and oxygen atoms in total. The number of carbonyl (C=O) groups excluding carboxylic acids is 2. The number of hydrogen-bond acceptors (Lipinski definition) is 5. The molecule has 2 N–H and O–H groups in total. The van der Waals surface area contributed by atoms with Crippen molar-refractivity contribution in [3.05, 3.63) is 54.1 Å². The maximum atomic E-state index is 12.7. The van der Waals surface area contributed by atoms with Crippen molar-refractivity contribution in [2.75, 3.05) is 31.3 Å². The Hall–Kier alpha value is -3.06. The molecule has 28 heavy (non-hydrogen) atoms. The van der Waals surface area contributed by atoms with E-state index in [0.29, 0.717) is 30.4 Å². The third kappa shape index (κ3) is 3.66. The lowest BCUT2D eigenvalue weighted by Crippen LogP contribution is -2.37. The zero-order valence-corrected chi connectivity index (χ0v) is 15.3. The van der Waals surface area contributed by atoms with Gasteiger partial charge in [-0.25, -0.2) is 0 Å². The Morgan fingerprint density at radius 2 is 1.89 bits per heavy atom. The van der Waals surface area contributed by atoms with Crippen molar-refractivity contribution in [3.8, 4) is 11.5 Å². The second kappa shape index (κ2) is 7.90. The number of fused-ring (bicyclic) bond motifs is 1. The normalized spacial score (nSPS) is 19.4. The zero-order valence-electron chi connectivity index (χ0n) is 15.3. The molecule has 2 unspecified atom stereocenters. The van der Waals surface area contributed by atoms with Gasteiger partial charge in [0.25, 0.3) is 0 Å². The van der Waals surface area contributed by atoms with E-state index in [4.69, 9.17) is 9.47 Å². The molecule has 0 radical (unpaired) electrons. The lowest BCUT2D eigenvalue weighted by Gasteiger charge is -2.22. The molecular formula is C21H22N2O5. The van der Waals surface area contributed by atoms with Crippen LogP contribution in [0, 0.1) is 5.92 Å². The van der Waals surface area contributed by atoms with Crippen molar-refractivity contribution < 1.29 is 24.2 Å². The molecule has 2 heterocycles. The third-order valence-corrected chi connectivity index (χ3v) is 5.03. The van der Waals surface area contributed by atoms with E-state index in [1.165, 1.54) is 0 Å². The molecule has 1 saturated heterocycles. The predicted molar refractivity (Wildman–Crippen MR) is 102 cm³/mol. The average molecular weight is 382 g/mol. The summed E-state index contributed by atoms with van der Waals surface area (Å²) in [4.78, 5) is 26.8. The summed E-state index contributed by atoms with van der Waals surface area (Å²) in [6.07, 6.45) is 0.132. The van der Waals surface area contributed by atoms with Crippen molar-refractivity contribution in [2.45, 2.75) is 12.5 Å². The minimum atomic E-state index is -0.493. The van der Waals surface area contributed by atoms with Crippen LogP contribution in [0.3, 0.4) is 0 Å². The number of amides is 2. The molecule has 2 aliphatic heterocycles. The first-order chi connectivity index (χ1) is 13.7. The number of benzene rings is 2. The molecule has 7 heteroatoms. The summed E-state index contributed by atoms with van der Waals surface area (Å²) in [7, 11) is 0. The standard InChI is InChI=1S/C21H22N2O5/c24-13-17(14-4-2-1-3-5-14)22-21(26)15-10-20(25)23(12-15)16-6-7-18-19(11-16)28-9-8-27-18/h1-7,11,15,17,24H,8-10,12-13H2,(H,22,26). The van der Waals surface area contributed by atoms with Gasteiger partial charge in [-0.3, -0.25) is 9.59 Å². The van der Waals surface area contributed by atoms with Crippen LogP contribution >= 0.6 is 0 Å². The first-order valence-corrected chi connectivity index (χ1v) is 9.32. The SMILES string of the molecule is O=C(NC(CO)c1ccccc1)C1CC(=O)N(c2ccc3c(c2)OCCO3)C1. The fraction of sp³-hybridized carbons (Fsp3) is 0.333. The Morgan fingerprint density at radius 1 is 1.14 bits per heavy atom. The van der Waals surface area contributed by atoms with E-state index in [1.54, 1.807) is 23.1 Å². The number of rotatable bonds is 5. The van der Waals surface area contributed by atoms with Crippen LogP contribution in [0.25, 0.3) is 0 Å². The molecule has 2 amide bonds. The average Bonchev–Trinajstić information content (AvgIpc) is 3.14. The lowest BCUT2D eigenvalue weighted by atomic mass is 10.0. The summed E-state index contributed by atoms with van der Waals surface area (Å²) in [5, 5.41) is 12.5. The minimum absolute atomic E-state index is 0.114. The Labute approximate surface area is 162 Å². The maximum absolute atomic E-state index is 12.7. The van der Waals surface area contributed by atoms with E-state index in [0.717, 1.165) is 5.56 Å². The molecule has 2 atom stereocenters. The summed E-state index contributed by atoms with van der Waals surface area (Å²) < 4.78 is 11.1. The second-order valence-electron chi connectivity index (χ2n) is 6.89. The molecule has 0 aliphatic carbocycles. The smallest absolute Gasteiger partial charge is 0.227 e. The summed E-state index contributed by atoms with van der Waals surface area (Å²) in [5.74, 6) is 0.435. The van der Waals surface area contributed by atoms with Gasteiger partial charge in [0.1, 0.15) is 13.2 Å². The lowest BCUT2D eigenvalue weighted by molar-refractivity contribution is -0.127. The maximum Gasteiger partial charge on any atom is 0.227 e. The van der Waals surface area contributed by atoms with Gasteiger partial charge < -0.3 is 24.8 Å². The quantitative estimate of drug-likeness (QED) is 0.821. The van der Waals surface area contributed by atoms with Gasteiger partial charge in [-0.1, -0.05) is 30.3 Å². The predicted octanol–water partition coefficient (Wildman–Crippen LogP) is 1.66. The molecule has 0 spiro atoms. The summed E-state index contributed by atoms with van der Waals surface area (Å²) in [6, 6.07) is 14.1. The summed E-state index contributed by atoms with van der Waals surface area (Å²) in [6.45, 7) is 1.06. The highest BCUT2D eigenvalue weighted by molar-refractivity contribution is 6.00. The molecule has 2 aromatic rings. The number of nitrogens with one attached hydrogen (secondary N) is 1. The highest BCUT2D eigenvalue weighted by atomic mass is 16.6. The molecule has 0 saturated carbocycles. The van der Waals surface area contributed by atoms with Crippen LogP contribution in [0.5, 0.6) is 11.5 Å². The van der Waals surface area contributed by atoms with E-state index in [-0.39, 0.29) is 31.4 Å². The van der Waals surface area contributed by atoms with E-state index in [9.17, 15) is 14.7 Å². The fourth-order valence-electron chi connectivity index (χ4n) is 3.54. The summed E-state index contributed by atoms with van der Waals surface area (Å²) in [5.41, 5.74) is 1.51. The number of carbonyl (C=O) groups is 2. The third-order valence-electron chi connectivity index (χ3n) is 5.03. The molecule has 4 rings (SSSR count). The zero-order chi connectivity index (χ0) is 19.5. The van der Waals surface area contributed by atoms with Gasteiger partial charge >= 0.3 is 0 Å². The number of aliphatic hydroxyl groups excluding tert-OH is 1. The Kier molecular flexibility index (Phi) is 5.16. The van der Waals surface area contributed by atoms with Crippen molar-refractivity contribution in [2.24, 2.45) is 5.92 Å². The second-order valence-corrected chi connectivity index (χ2v) is 6.89. The molecule has 0 aromatic heterocycles. The molecular weight excluding hydrogens is 360 g/mol. The number of hydrogen-bond donors (Lipinski definition) is 2. The highest BCUT2D eigenvalue weighted by Gasteiger charge is 2.36. The molecule has 146 valence electrons. The van der Waals surface area contributed by atoms with Crippen LogP contribution < -0.4 is 19.7 Å². The van der Waals surface area contributed by atoms with Gasteiger partial charge in [-0.2, -0.15) is 0 Å². The molecule has 1 fully saturated rings. The molecule has 2 aliphatic rings. The van der Waals surface area contributed by atoms with Crippen molar-refractivity contribution in [1.82, 2.24) is 5.32 Å². The van der Waals surface area contributed by atoms with Gasteiger partial charge in [-0.15, -0.1) is 0 Å². The first-order valence-electron chi connectivity index (χ1n) is 9.32. The van der Waals surface area contributed by atoms with E-state index in [2.05, 4.69) is 5.32 Å². The Morgan fingerprint density at radius 3 is 2.64 bits per heavy atom. The molecule has 0 bridgehead atoms. The number of nitrogens with zero attached hydrogens (tertiary/aromatic N) is 1. The van der Waals surface area contributed by atoms with E-state index in [1.807, 2.05) is 30.3 Å². The first kappa shape index (κ1) is 18.3. The largest absolute Gasteiger partial charge is 0.486 e. The van der Waals surface area contributed by atoms with Gasteiger partial charge in [0.05, 0.1) is 18.6 Å². The monoisotopic (exact) mass is 382 g/mol. The van der Waals surface area contributed by atoms with Crippen molar-refractivity contribution in [1.29, 1.82) is 0 Å². The minimum Gasteiger partial charge on any atom is -0.486 e. The van der Waals surface area contributed by atoms with Crippen LogP contribution in [0.4, 0.5) is 5.69 Å². The van der Waals surface area contributed by atoms with Gasteiger partial charge in [-0.05, 0) is 17.7 Å². The molecule has 2 aromatic carbocycles. The van der Waals surface area contributed by atoms with Crippen LogP contribution in [0.15, 0.2) is 48.5 Å². The van der Waals surface area contributed by atoms with Gasteiger partial charge in [0.2, 0.25) is 11.8 Å².